The second kappa shape index (κ2) is 5.30. The third-order valence-electron chi connectivity index (χ3n) is 3.70. The summed E-state index contributed by atoms with van der Waals surface area (Å²) in [5.41, 5.74) is -0.199. The summed E-state index contributed by atoms with van der Waals surface area (Å²) in [5.74, 6) is 1.81. The van der Waals surface area contributed by atoms with Gasteiger partial charge < -0.3 is 9.88 Å². The van der Waals surface area contributed by atoms with Gasteiger partial charge in [-0.1, -0.05) is 11.8 Å². The van der Waals surface area contributed by atoms with Gasteiger partial charge in [0.25, 0.3) is 0 Å². The first-order valence-electron chi connectivity index (χ1n) is 7.78. The van der Waals surface area contributed by atoms with Gasteiger partial charge in [0, 0.05) is 17.5 Å². The number of hydrogen-bond acceptors (Lipinski definition) is 4. The molecule has 0 radical (unpaired) electrons. The molecule has 1 aromatic rings. The quantitative estimate of drug-likeness (QED) is 0.850. The van der Waals surface area contributed by atoms with Crippen LogP contribution in [0.5, 0.6) is 0 Å². The molecule has 0 spiro atoms. The van der Waals surface area contributed by atoms with Crippen molar-refractivity contribution in [2.75, 3.05) is 0 Å². The first-order valence-corrected chi connectivity index (χ1v) is 8.66. The normalized spacial score (nSPS) is 20.4. The zero-order valence-electron chi connectivity index (χ0n) is 13.2. The van der Waals surface area contributed by atoms with Gasteiger partial charge in [-0.2, -0.15) is 0 Å². The highest BCUT2D eigenvalue weighted by Crippen LogP contribution is 2.46. The number of aromatic nitrogens is 3. The maximum atomic E-state index is 12.2. The van der Waals surface area contributed by atoms with Crippen molar-refractivity contribution in [3.8, 4) is 0 Å². The van der Waals surface area contributed by atoms with E-state index in [4.69, 9.17) is 0 Å². The van der Waals surface area contributed by atoms with Gasteiger partial charge in [0.15, 0.2) is 5.16 Å². The van der Waals surface area contributed by atoms with Gasteiger partial charge >= 0.3 is 0 Å². The van der Waals surface area contributed by atoms with Crippen molar-refractivity contribution in [2.45, 2.75) is 81.3 Å². The fourth-order valence-corrected chi connectivity index (χ4v) is 3.27. The highest BCUT2D eigenvalue weighted by Gasteiger charge is 2.37. The van der Waals surface area contributed by atoms with Crippen LogP contribution in [-0.4, -0.2) is 31.5 Å². The number of nitrogens with one attached hydrogen (secondary N) is 1. The average molecular weight is 308 g/mol. The molecule has 0 bridgehead atoms. The largest absolute Gasteiger partial charge is 0.351 e. The van der Waals surface area contributed by atoms with Crippen molar-refractivity contribution in [1.29, 1.82) is 0 Å². The molecule has 116 valence electrons. The zero-order valence-corrected chi connectivity index (χ0v) is 14.0. The van der Waals surface area contributed by atoms with E-state index in [1.807, 2.05) is 27.7 Å². The van der Waals surface area contributed by atoms with Crippen LogP contribution in [0, 0.1) is 0 Å². The van der Waals surface area contributed by atoms with E-state index < -0.39 is 0 Å². The Morgan fingerprint density at radius 2 is 1.95 bits per heavy atom. The summed E-state index contributed by atoms with van der Waals surface area (Å²) in [4.78, 5) is 12.2. The third kappa shape index (κ3) is 3.59. The Morgan fingerprint density at radius 3 is 2.48 bits per heavy atom. The first-order chi connectivity index (χ1) is 9.85. The lowest BCUT2D eigenvalue weighted by molar-refractivity contribution is -0.121. The minimum atomic E-state index is -0.199. The molecular weight excluding hydrogens is 284 g/mol. The zero-order chi connectivity index (χ0) is 15.2. The summed E-state index contributed by atoms with van der Waals surface area (Å²) >= 11 is 1.53. The minimum Gasteiger partial charge on any atom is -0.351 e. The standard InChI is InChI=1S/C15H24N4OS/c1-9(13(20)16-15(2,3)4)21-14-18-17-12(10-5-6-10)19(14)11-7-8-11/h9-11H,5-8H2,1-4H3,(H,16,20). The minimum absolute atomic E-state index is 0.0609. The van der Waals surface area contributed by atoms with Crippen LogP contribution >= 0.6 is 11.8 Å². The van der Waals surface area contributed by atoms with Crippen molar-refractivity contribution >= 4 is 17.7 Å². The Morgan fingerprint density at radius 1 is 1.29 bits per heavy atom. The van der Waals surface area contributed by atoms with Gasteiger partial charge in [-0.25, -0.2) is 0 Å². The second-order valence-electron chi connectivity index (χ2n) is 7.22. The Kier molecular flexibility index (Phi) is 3.76. The van der Waals surface area contributed by atoms with E-state index in [-0.39, 0.29) is 16.7 Å². The third-order valence-corrected chi connectivity index (χ3v) is 4.75. The van der Waals surface area contributed by atoms with Crippen LogP contribution in [0.25, 0.3) is 0 Å². The van der Waals surface area contributed by atoms with Crippen molar-refractivity contribution in [2.24, 2.45) is 0 Å². The second-order valence-corrected chi connectivity index (χ2v) is 8.52. The van der Waals surface area contributed by atoms with E-state index in [2.05, 4.69) is 20.1 Å². The summed E-state index contributed by atoms with van der Waals surface area (Å²) < 4.78 is 2.29. The van der Waals surface area contributed by atoms with Crippen molar-refractivity contribution in [1.82, 2.24) is 20.1 Å². The fourth-order valence-electron chi connectivity index (χ4n) is 2.35. The van der Waals surface area contributed by atoms with Crippen LogP contribution in [0.3, 0.4) is 0 Å². The van der Waals surface area contributed by atoms with E-state index in [1.165, 1.54) is 37.4 Å². The van der Waals surface area contributed by atoms with E-state index >= 15 is 0 Å². The smallest absolute Gasteiger partial charge is 0.233 e. The molecular formula is C15H24N4OS. The molecule has 2 fully saturated rings. The van der Waals surface area contributed by atoms with Crippen LogP contribution in [0.1, 0.15) is 71.2 Å². The molecule has 1 aromatic heterocycles. The fraction of sp³-hybridized carbons (Fsp3) is 0.800. The van der Waals surface area contributed by atoms with Crippen molar-refractivity contribution < 1.29 is 4.79 Å². The lowest BCUT2D eigenvalue weighted by atomic mass is 10.1. The molecule has 1 heterocycles. The van der Waals surface area contributed by atoms with Gasteiger partial charge in [-0.15, -0.1) is 10.2 Å². The maximum absolute atomic E-state index is 12.2. The van der Waals surface area contributed by atoms with Crippen molar-refractivity contribution in [3.05, 3.63) is 5.82 Å². The number of nitrogens with zero attached hydrogens (tertiary/aromatic N) is 3. The number of amides is 1. The van der Waals surface area contributed by atoms with Gasteiger partial charge in [-0.05, 0) is 53.4 Å². The van der Waals surface area contributed by atoms with Crippen LogP contribution in [0.2, 0.25) is 0 Å². The van der Waals surface area contributed by atoms with Crippen molar-refractivity contribution in [3.63, 3.8) is 0 Å². The number of rotatable bonds is 5. The summed E-state index contributed by atoms with van der Waals surface area (Å²) in [6, 6.07) is 0.566. The molecule has 1 amide bonds. The number of hydrogen-bond donors (Lipinski definition) is 1. The molecule has 0 saturated heterocycles. The van der Waals surface area contributed by atoms with Crippen LogP contribution in [-0.2, 0) is 4.79 Å². The average Bonchev–Trinajstić information content (AvgIpc) is 3.27. The molecule has 2 aliphatic rings. The lowest BCUT2D eigenvalue weighted by Crippen LogP contribution is -2.44. The summed E-state index contributed by atoms with van der Waals surface area (Å²) in [7, 11) is 0. The molecule has 1 N–H and O–H groups in total. The molecule has 6 heteroatoms. The van der Waals surface area contributed by atoms with E-state index in [1.54, 1.807) is 0 Å². The molecule has 1 atom stereocenters. The predicted molar refractivity (Wildman–Crippen MR) is 83.5 cm³/mol. The molecule has 0 aliphatic heterocycles. The number of carbonyl (C=O) groups is 1. The topological polar surface area (TPSA) is 59.8 Å². The molecule has 5 nitrogen and oxygen atoms in total. The predicted octanol–water partition coefficient (Wildman–Crippen LogP) is 2.89. The summed E-state index contributed by atoms with van der Waals surface area (Å²) in [6.07, 6.45) is 4.90. The lowest BCUT2D eigenvalue weighted by Gasteiger charge is -2.23. The van der Waals surface area contributed by atoms with E-state index in [0.717, 1.165) is 11.0 Å². The Bertz CT molecular complexity index is 540. The van der Waals surface area contributed by atoms with E-state index in [9.17, 15) is 4.79 Å². The molecule has 2 aliphatic carbocycles. The highest BCUT2D eigenvalue weighted by molar-refractivity contribution is 8.00. The summed E-state index contributed by atoms with van der Waals surface area (Å²) in [5, 5.41) is 12.5. The summed E-state index contributed by atoms with van der Waals surface area (Å²) in [6.45, 7) is 7.94. The molecule has 21 heavy (non-hydrogen) atoms. The van der Waals surface area contributed by atoms with E-state index in [0.29, 0.717) is 12.0 Å². The molecule has 0 aromatic carbocycles. The number of carbonyl (C=O) groups excluding carboxylic acids is 1. The Labute approximate surface area is 130 Å². The van der Waals surface area contributed by atoms with Gasteiger partial charge in [0.1, 0.15) is 5.82 Å². The molecule has 2 saturated carbocycles. The Balaban J connectivity index is 1.71. The Hall–Kier alpha value is -1.04. The monoisotopic (exact) mass is 308 g/mol. The van der Waals surface area contributed by atoms with Gasteiger partial charge in [0.2, 0.25) is 5.91 Å². The van der Waals surface area contributed by atoms with Crippen LogP contribution in [0.4, 0.5) is 0 Å². The van der Waals surface area contributed by atoms with Crippen LogP contribution in [0.15, 0.2) is 5.16 Å². The highest BCUT2D eigenvalue weighted by atomic mass is 32.2. The first kappa shape index (κ1) is 14.9. The van der Waals surface area contributed by atoms with Gasteiger partial charge in [-0.3, -0.25) is 4.79 Å². The molecule has 3 rings (SSSR count). The SMILES string of the molecule is CC(Sc1nnc(C2CC2)n1C1CC1)C(=O)NC(C)(C)C. The van der Waals surface area contributed by atoms with Gasteiger partial charge in [0.05, 0.1) is 5.25 Å². The molecule has 1 unspecified atom stereocenters. The number of thioether (sulfide) groups is 1. The maximum Gasteiger partial charge on any atom is 0.233 e. The van der Waals surface area contributed by atoms with Crippen LogP contribution < -0.4 is 5.32 Å².